The fraction of sp³-hybridized carbons (Fsp3) is 0.133. The van der Waals surface area contributed by atoms with Crippen LogP contribution in [0.2, 0.25) is 0 Å². The van der Waals surface area contributed by atoms with Crippen LogP contribution in [0.5, 0.6) is 0 Å². The van der Waals surface area contributed by atoms with Crippen molar-refractivity contribution in [2.24, 2.45) is 5.73 Å². The molecule has 0 aliphatic heterocycles. The summed E-state index contributed by atoms with van der Waals surface area (Å²) in [6, 6.07) is 10.0. The summed E-state index contributed by atoms with van der Waals surface area (Å²) in [5, 5.41) is 2.63. The first-order valence-electron chi connectivity index (χ1n) is 6.31. The van der Waals surface area contributed by atoms with E-state index in [2.05, 4.69) is 26.2 Å². The minimum Gasteiger partial charge on any atom is -0.368 e. The second kappa shape index (κ2) is 6.99. The van der Waals surface area contributed by atoms with Gasteiger partial charge in [-0.1, -0.05) is 28.1 Å². The first-order chi connectivity index (χ1) is 10.1. The van der Waals surface area contributed by atoms with Gasteiger partial charge in [-0.2, -0.15) is 0 Å². The van der Waals surface area contributed by atoms with Gasteiger partial charge in [0.25, 0.3) is 5.91 Å². The quantitative estimate of drug-likeness (QED) is 0.862. The first-order valence-corrected chi connectivity index (χ1v) is 7.10. The fourth-order valence-electron chi connectivity index (χ4n) is 1.86. The van der Waals surface area contributed by atoms with E-state index in [0.29, 0.717) is 12.0 Å². The number of aromatic nitrogens is 1. The van der Waals surface area contributed by atoms with Crippen molar-refractivity contribution in [2.75, 3.05) is 0 Å². The number of benzene rings is 1. The smallest absolute Gasteiger partial charge is 0.253 e. The Labute approximate surface area is 130 Å². The number of hydrogen-bond acceptors (Lipinski definition) is 3. The maximum Gasteiger partial charge on any atom is 0.253 e. The van der Waals surface area contributed by atoms with Crippen LogP contribution in [0.25, 0.3) is 0 Å². The number of nitrogens with two attached hydrogens (primary N) is 1. The van der Waals surface area contributed by atoms with E-state index in [1.807, 2.05) is 24.3 Å². The van der Waals surface area contributed by atoms with Crippen molar-refractivity contribution >= 4 is 27.7 Å². The number of carbonyl (C=O) groups excluding carboxylic acids is 2. The molecule has 108 valence electrons. The lowest BCUT2D eigenvalue weighted by atomic mass is 10.1. The minimum atomic E-state index is -0.771. The SMILES string of the molecule is NC(=O)[C@H](Cc1cccc(Br)c1)NC(=O)c1cccnc1. The fourth-order valence-corrected chi connectivity index (χ4v) is 2.31. The van der Waals surface area contributed by atoms with Crippen molar-refractivity contribution < 1.29 is 9.59 Å². The Morgan fingerprint density at radius 1 is 1.29 bits per heavy atom. The van der Waals surface area contributed by atoms with Gasteiger partial charge in [0.2, 0.25) is 5.91 Å². The molecule has 1 atom stereocenters. The Bertz CT molecular complexity index is 646. The van der Waals surface area contributed by atoms with Gasteiger partial charge in [0, 0.05) is 23.3 Å². The molecule has 2 amide bonds. The zero-order valence-corrected chi connectivity index (χ0v) is 12.7. The number of rotatable bonds is 5. The van der Waals surface area contributed by atoms with Gasteiger partial charge in [0.1, 0.15) is 6.04 Å². The number of pyridine rings is 1. The molecule has 1 heterocycles. The van der Waals surface area contributed by atoms with Crippen molar-refractivity contribution in [1.29, 1.82) is 0 Å². The van der Waals surface area contributed by atoms with Crippen LogP contribution in [0.1, 0.15) is 15.9 Å². The summed E-state index contributed by atoms with van der Waals surface area (Å²) in [5.41, 5.74) is 6.66. The van der Waals surface area contributed by atoms with Gasteiger partial charge in [0.15, 0.2) is 0 Å². The van der Waals surface area contributed by atoms with E-state index < -0.39 is 11.9 Å². The number of amides is 2. The summed E-state index contributed by atoms with van der Waals surface area (Å²) in [5.74, 6) is -0.950. The highest BCUT2D eigenvalue weighted by atomic mass is 79.9. The molecule has 1 aromatic carbocycles. The molecule has 0 spiro atoms. The van der Waals surface area contributed by atoms with Gasteiger partial charge in [-0.25, -0.2) is 0 Å². The maximum absolute atomic E-state index is 12.0. The highest BCUT2D eigenvalue weighted by molar-refractivity contribution is 9.10. The second-order valence-corrected chi connectivity index (χ2v) is 5.42. The van der Waals surface area contributed by atoms with Crippen LogP contribution in [-0.2, 0) is 11.2 Å². The molecule has 3 N–H and O–H groups in total. The summed E-state index contributed by atoms with van der Waals surface area (Å²) in [6.07, 6.45) is 3.34. The number of halogens is 1. The topological polar surface area (TPSA) is 85.1 Å². The van der Waals surface area contributed by atoms with Crippen LogP contribution in [0.4, 0.5) is 0 Å². The average Bonchev–Trinajstić information content (AvgIpc) is 2.47. The molecule has 6 heteroatoms. The summed E-state index contributed by atoms with van der Waals surface area (Å²) in [6.45, 7) is 0. The molecule has 0 bridgehead atoms. The molecule has 2 rings (SSSR count). The minimum absolute atomic E-state index is 0.334. The number of nitrogens with one attached hydrogen (secondary N) is 1. The molecule has 21 heavy (non-hydrogen) atoms. The Hall–Kier alpha value is -2.21. The molecule has 2 aromatic rings. The van der Waals surface area contributed by atoms with Gasteiger partial charge in [-0.15, -0.1) is 0 Å². The van der Waals surface area contributed by atoms with E-state index in [4.69, 9.17) is 5.73 Å². The van der Waals surface area contributed by atoms with Crippen molar-refractivity contribution in [1.82, 2.24) is 10.3 Å². The lowest BCUT2D eigenvalue weighted by molar-refractivity contribution is -0.119. The van der Waals surface area contributed by atoms with Crippen LogP contribution in [0.3, 0.4) is 0 Å². The molecular formula is C15H14BrN3O2. The Morgan fingerprint density at radius 3 is 2.71 bits per heavy atom. The van der Waals surface area contributed by atoms with Crippen molar-refractivity contribution in [3.05, 3.63) is 64.4 Å². The van der Waals surface area contributed by atoms with Crippen LogP contribution in [0.15, 0.2) is 53.3 Å². The second-order valence-electron chi connectivity index (χ2n) is 4.50. The van der Waals surface area contributed by atoms with Crippen LogP contribution < -0.4 is 11.1 Å². The van der Waals surface area contributed by atoms with E-state index in [0.717, 1.165) is 10.0 Å². The Morgan fingerprint density at radius 2 is 2.10 bits per heavy atom. The molecule has 0 saturated carbocycles. The normalized spacial score (nSPS) is 11.7. The van der Waals surface area contributed by atoms with Gasteiger partial charge >= 0.3 is 0 Å². The molecule has 0 aliphatic rings. The third kappa shape index (κ3) is 4.39. The van der Waals surface area contributed by atoms with Crippen molar-refractivity contribution in [3.8, 4) is 0 Å². The molecular weight excluding hydrogens is 334 g/mol. The lowest BCUT2D eigenvalue weighted by Gasteiger charge is -2.15. The molecule has 0 radical (unpaired) electrons. The predicted molar refractivity (Wildman–Crippen MR) is 82.5 cm³/mol. The van der Waals surface area contributed by atoms with E-state index in [-0.39, 0.29) is 5.91 Å². The zero-order valence-electron chi connectivity index (χ0n) is 11.1. The van der Waals surface area contributed by atoms with Crippen molar-refractivity contribution in [3.63, 3.8) is 0 Å². The predicted octanol–water partition coefficient (Wildman–Crippen LogP) is 1.67. The molecule has 5 nitrogen and oxygen atoms in total. The highest BCUT2D eigenvalue weighted by Gasteiger charge is 2.19. The van der Waals surface area contributed by atoms with E-state index in [9.17, 15) is 9.59 Å². The standard InChI is InChI=1S/C15H14BrN3O2/c16-12-5-1-3-10(7-12)8-13(14(17)20)19-15(21)11-4-2-6-18-9-11/h1-7,9,13H,8H2,(H2,17,20)(H,19,21)/t13-/m0/s1. The molecule has 1 aromatic heterocycles. The van der Waals surface area contributed by atoms with Crippen LogP contribution >= 0.6 is 15.9 Å². The largest absolute Gasteiger partial charge is 0.368 e. The molecule has 0 saturated heterocycles. The number of carbonyl (C=O) groups is 2. The summed E-state index contributed by atoms with van der Waals surface area (Å²) < 4.78 is 0.904. The van der Waals surface area contributed by atoms with Crippen molar-refractivity contribution in [2.45, 2.75) is 12.5 Å². The van der Waals surface area contributed by atoms with Gasteiger partial charge in [0.05, 0.1) is 5.56 Å². The summed E-state index contributed by atoms with van der Waals surface area (Å²) in [4.78, 5) is 27.5. The maximum atomic E-state index is 12.0. The van der Waals surface area contributed by atoms with Gasteiger partial charge < -0.3 is 11.1 Å². The average molecular weight is 348 g/mol. The first kappa shape index (κ1) is 15.2. The van der Waals surface area contributed by atoms with E-state index >= 15 is 0 Å². The number of nitrogens with zero attached hydrogens (tertiary/aromatic N) is 1. The number of primary amides is 1. The van der Waals surface area contributed by atoms with Crippen LogP contribution in [0, 0.1) is 0 Å². The molecule has 0 unspecified atom stereocenters. The van der Waals surface area contributed by atoms with E-state index in [1.54, 1.807) is 18.3 Å². The third-order valence-electron chi connectivity index (χ3n) is 2.90. The number of hydrogen-bond donors (Lipinski definition) is 2. The Balaban J connectivity index is 2.09. The zero-order chi connectivity index (χ0) is 15.2. The lowest BCUT2D eigenvalue weighted by Crippen LogP contribution is -2.45. The molecule has 0 fully saturated rings. The van der Waals surface area contributed by atoms with Gasteiger partial charge in [-0.05, 0) is 29.8 Å². The molecule has 0 aliphatic carbocycles. The third-order valence-corrected chi connectivity index (χ3v) is 3.39. The highest BCUT2D eigenvalue weighted by Crippen LogP contribution is 2.13. The summed E-state index contributed by atoms with van der Waals surface area (Å²) in [7, 11) is 0. The van der Waals surface area contributed by atoms with Gasteiger partial charge in [-0.3, -0.25) is 14.6 Å². The van der Waals surface area contributed by atoms with E-state index in [1.165, 1.54) is 6.20 Å². The summed E-state index contributed by atoms with van der Waals surface area (Å²) >= 11 is 3.36. The monoisotopic (exact) mass is 347 g/mol. The van der Waals surface area contributed by atoms with Crippen LogP contribution in [-0.4, -0.2) is 22.8 Å². The Kier molecular flexibility index (Phi) is 5.05.